The van der Waals surface area contributed by atoms with Crippen LogP contribution in [0.1, 0.15) is 33.3 Å². The van der Waals surface area contributed by atoms with Crippen molar-refractivity contribution in [1.29, 1.82) is 0 Å². The highest BCUT2D eigenvalue weighted by molar-refractivity contribution is 6.22. The highest BCUT2D eigenvalue weighted by Crippen LogP contribution is 2.28. The number of hydrogen-bond donors (Lipinski definition) is 0. The molecule has 0 bridgehead atoms. The van der Waals surface area contributed by atoms with E-state index in [0.29, 0.717) is 23.4 Å². The van der Waals surface area contributed by atoms with Crippen molar-refractivity contribution in [3.63, 3.8) is 0 Å². The molecule has 3 rings (SSSR count). The number of hydrogen-bond acceptors (Lipinski definition) is 3. The molecular weight excluding hydrogens is 252 g/mol. The van der Waals surface area contributed by atoms with Gasteiger partial charge in [-0.2, -0.15) is 0 Å². The van der Waals surface area contributed by atoms with Gasteiger partial charge in [0.1, 0.15) is 0 Å². The Morgan fingerprint density at radius 3 is 2.45 bits per heavy atom. The van der Waals surface area contributed by atoms with Crippen LogP contribution in [0.3, 0.4) is 0 Å². The predicted octanol–water partition coefficient (Wildman–Crippen LogP) is 2.67. The van der Waals surface area contributed by atoms with Gasteiger partial charge >= 0.3 is 0 Å². The highest BCUT2D eigenvalue weighted by Gasteiger charge is 2.36. The lowest BCUT2D eigenvalue weighted by atomic mass is 10.0. The summed E-state index contributed by atoms with van der Waals surface area (Å²) in [6.07, 6.45) is 0. The number of amides is 2. The van der Waals surface area contributed by atoms with E-state index in [9.17, 15) is 9.59 Å². The highest BCUT2D eigenvalue weighted by atomic mass is 16.2. The zero-order chi connectivity index (χ0) is 14.3. The van der Waals surface area contributed by atoms with Crippen LogP contribution in [0.4, 0.5) is 0 Å². The molecule has 1 aromatic heterocycles. The molecule has 1 aliphatic heterocycles. The van der Waals surface area contributed by atoms with Crippen LogP contribution in [0, 0.1) is 6.92 Å². The van der Waals surface area contributed by atoms with Gasteiger partial charge in [0.25, 0.3) is 11.8 Å². The fraction of sp³-hybridized carbons (Fsp3) is 0.188. The lowest BCUT2D eigenvalue weighted by Crippen LogP contribution is -2.29. The molecule has 0 aliphatic carbocycles. The third kappa shape index (κ3) is 1.72. The van der Waals surface area contributed by atoms with E-state index >= 15 is 0 Å². The van der Waals surface area contributed by atoms with Gasteiger partial charge in [-0.05, 0) is 19.9 Å². The third-order valence-corrected chi connectivity index (χ3v) is 3.52. The molecule has 1 aromatic carbocycles. The minimum absolute atomic E-state index is 0.227. The van der Waals surface area contributed by atoms with E-state index in [4.69, 9.17) is 0 Å². The van der Waals surface area contributed by atoms with Gasteiger partial charge in [0.2, 0.25) is 0 Å². The number of aromatic nitrogens is 1. The summed E-state index contributed by atoms with van der Waals surface area (Å²) in [6, 6.07) is 11.4. The number of carbonyl (C=O) groups excluding carboxylic acids is 2. The second kappa shape index (κ2) is 4.56. The molecule has 0 fully saturated rings. The van der Waals surface area contributed by atoms with Crippen LogP contribution in [0.15, 0.2) is 36.4 Å². The van der Waals surface area contributed by atoms with Gasteiger partial charge in [-0.3, -0.25) is 19.5 Å². The fourth-order valence-electron chi connectivity index (χ4n) is 2.53. The molecule has 2 aromatic rings. The Morgan fingerprint density at radius 2 is 1.80 bits per heavy atom. The summed E-state index contributed by atoms with van der Waals surface area (Å²) in [5, 5.41) is 0. The summed E-state index contributed by atoms with van der Waals surface area (Å²) in [6.45, 7) is 3.95. The maximum Gasteiger partial charge on any atom is 0.263 e. The first-order valence-corrected chi connectivity index (χ1v) is 6.56. The number of imide groups is 1. The van der Waals surface area contributed by atoms with Crippen molar-refractivity contribution in [2.45, 2.75) is 13.8 Å². The number of nitrogens with zero attached hydrogens (tertiary/aromatic N) is 2. The van der Waals surface area contributed by atoms with Gasteiger partial charge in [0, 0.05) is 12.1 Å². The Morgan fingerprint density at radius 1 is 1.10 bits per heavy atom. The molecule has 20 heavy (non-hydrogen) atoms. The topological polar surface area (TPSA) is 50.3 Å². The summed E-state index contributed by atoms with van der Waals surface area (Å²) >= 11 is 0. The number of aryl methyl sites for hydroxylation is 1. The minimum Gasteiger partial charge on any atom is -0.275 e. The van der Waals surface area contributed by atoms with Gasteiger partial charge in [0.05, 0.1) is 22.5 Å². The Bertz CT molecular complexity index is 708. The number of pyridine rings is 1. The van der Waals surface area contributed by atoms with Gasteiger partial charge < -0.3 is 0 Å². The number of carbonyl (C=O) groups is 2. The van der Waals surface area contributed by atoms with Crippen LogP contribution in [0.2, 0.25) is 0 Å². The van der Waals surface area contributed by atoms with Crippen molar-refractivity contribution in [3.8, 4) is 11.3 Å². The van der Waals surface area contributed by atoms with Crippen molar-refractivity contribution in [3.05, 3.63) is 53.2 Å². The van der Waals surface area contributed by atoms with E-state index in [0.717, 1.165) is 11.3 Å². The minimum atomic E-state index is -0.239. The molecule has 0 saturated heterocycles. The predicted molar refractivity (Wildman–Crippen MR) is 75.5 cm³/mol. The number of fused-ring (bicyclic) bond motifs is 1. The monoisotopic (exact) mass is 266 g/mol. The van der Waals surface area contributed by atoms with E-state index < -0.39 is 0 Å². The molecule has 0 atom stereocenters. The Hall–Kier alpha value is -2.49. The summed E-state index contributed by atoms with van der Waals surface area (Å²) < 4.78 is 0. The molecule has 0 spiro atoms. The number of rotatable bonds is 2. The molecule has 0 N–H and O–H groups in total. The lowest BCUT2D eigenvalue weighted by molar-refractivity contribution is 0.0662. The standard InChI is InChI=1S/C16H14N2O2/c1-3-18-15(19)12-9-13(11-7-5-4-6-8-11)17-10(2)14(12)16(18)20/h4-9H,3H2,1-2H3. The van der Waals surface area contributed by atoms with Gasteiger partial charge in [-0.25, -0.2) is 0 Å². The molecule has 2 amide bonds. The average Bonchev–Trinajstić information content (AvgIpc) is 2.71. The van der Waals surface area contributed by atoms with Crippen molar-refractivity contribution in [2.24, 2.45) is 0 Å². The van der Waals surface area contributed by atoms with Gasteiger partial charge in [-0.15, -0.1) is 0 Å². The molecular formula is C16H14N2O2. The smallest absolute Gasteiger partial charge is 0.263 e. The maximum atomic E-state index is 12.3. The van der Waals surface area contributed by atoms with Crippen LogP contribution in [0.5, 0.6) is 0 Å². The Kier molecular flexibility index (Phi) is 2.86. The molecule has 4 nitrogen and oxygen atoms in total. The average molecular weight is 266 g/mol. The van der Waals surface area contributed by atoms with Crippen molar-refractivity contribution in [2.75, 3.05) is 6.54 Å². The molecule has 0 saturated carbocycles. The van der Waals surface area contributed by atoms with E-state index in [1.165, 1.54) is 4.90 Å². The first-order valence-electron chi connectivity index (χ1n) is 6.56. The van der Waals surface area contributed by atoms with Crippen LogP contribution in [-0.4, -0.2) is 28.2 Å². The summed E-state index contributed by atoms with van der Waals surface area (Å²) in [5.41, 5.74) is 3.17. The number of benzene rings is 1. The van der Waals surface area contributed by atoms with E-state index in [1.54, 1.807) is 19.9 Å². The Balaban J connectivity index is 2.18. The first kappa shape index (κ1) is 12.5. The molecule has 100 valence electrons. The van der Waals surface area contributed by atoms with Crippen LogP contribution in [0.25, 0.3) is 11.3 Å². The van der Waals surface area contributed by atoms with Crippen molar-refractivity contribution in [1.82, 2.24) is 9.88 Å². The van der Waals surface area contributed by atoms with Crippen LogP contribution >= 0.6 is 0 Å². The van der Waals surface area contributed by atoms with E-state index in [-0.39, 0.29) is 11.8 Å². The van der Waals surface area contributed by atoms with Crippen molar-refractivity contribution < 1.29 is 9.59 Å². The Labute approximate surface area is 117 Å². The largest absolute Gasteiger partial charge is 0.275 e. The summed E-state index contributed by atoms with van der Waals surface area (Å²) in [7, 11) is 0. The third-order valence-electron chi connectivity index (χ3n) is 3.52. The second-order valence-corrected chi connectivity index (χ2v) is 4.74. The summed E-state index contributed by atoms with van der Waals surface area (Å²) in [4.78, 5) is 30.2. The summed E-state index contributed by atoms with van der Waals surface area (Å²) in [5.74, 6) is -0.465. The normalized spacial score (nSPS) is 13.8. The zero-order valence-corrected chi connectivity index (χ0v) is 11.4. The molecule has 1 aliphatic rings. The second-order valence-electron chi connectivity index (χ2n) is 4.74. The maximum absolute atomic E-state index is 12.3. The SMILES string of the molecule is CCN1C(=O)c2cc(-c3ccccc3)nc(C)c2C1=O. The van der Waals surface area contributed by atoms with E-state index in [1.807, 2.05) is 30.3 Å². The fourth-order valence-corrected chi connectivity index (χ4v) is 2.53. The first-order chi connectivity index (χ1) is 9.63. The van der Waals surface area contributed by atoms with Crippen molar-refractivity contribution >= 4 is 11.8 Å². The lowest BCUT2D eigenvalue weighted by Gasteiger charge is -2.08. The quantitative estimate of drug-likeness (QED) is 0.785. The molecule has 0 unspecified atom stereocenters. The van der Waals surface area contributed by atoms with Gasteiger partial charge in [-0.1, -0.05) is 30.3 Å². The molecule has 4 heteroatoms. The molecule has 0 radical (unpaired) electrons. The van der Waals surface area contributed by atoms with Crippen LogP contribution < -0.4 is 0 Å². The molecule has 2 heterocycles. The van der Waals surface area contributed by atoms with E-state index in [2.05, 4.69) is 4.98 Å². The van der Waals surface area contributed by atoms with Gasteiger partial charge in [0.15, 0.2) is 0 Å². The van der Waals surface area contributed by atoms with Crippen LogP contribution in [-0.2, 0) is 0 Å². The zero-order valence-electron chi connectivity index (χ0n) is 11.4.